The van der Waals surface area contributed by atoms with E-state index < -0.39 is 0 Å². The van der Waals surface area contributed by atoms with Crippen LogP contribution in [0.2, 0.25) is 0 Å². The Balaban J connectivity index is 1.92. The van der Waals surface area contributed by atoms with Gasteiger partial charge in [0.05, 0.1) is 0 Å². The minimum Gasteiger partial charge on any atom is -0.367 e. The van der Waals surface area contributed by atoms with Gasteiger partial charge in [-0.2, -0.15) is 0 Å². The van der Waals surface area contributed by atoms with Gasteiger partial charge < -0.3 is 4.98 Å². The van der Waals surface area contributed by atoms with Gasteiger partial charge in [0.15, 0.2) is 0 Å². The van der Waals surface area contributed by atoms with Crippen LogP contribution >= 0.6 is 0 Å². The molecule has 1 aliphatic carbocycles. The Morgan fingerprint density at radius 2 is 1.00 bits per heavy atom. The summed E-state index contributed by atoms with van der Waals surface area (Å²) in [5.41, 5.74) is 3.16. The van der Waals surface area contributed by atoms with Crippen LogP contribution in [0.15, 0.2) is 12.4 Å². The Bertz CT molecular complexity index is 248. The summed E-state index contributed by atoms with van der Waals surface area (Å²) in [4.78, 5) is 3.27. The first kappa shape index (κ1) is 10.8. The molecule has 1 heteroatoms. The SMILES string of the molecule is c1[nH]cc2c1CCCCCCCCCC2. The number of aryl methyl sites for hydroxylation is 2. The number of aromatic nitrogens is 1. The van der Waals surface area contributed by atoms with Crippen LogP contribution in [0.5, 0.6) is 0 Å². The lowest BCUT2D eigenvalue weighted by Gasteiger charge is -2.07. The fourth-order valence-corrected chi connectivity index (χ4v) is 2.59. The van der Waals surface area contributed by atoms with Gasteiger partial charge in [0.1, 0.15) is 0 Å². The molecule has 0 bridgehead atoms. The molecule has 15 heavy (non-hydrogen) atoms. The van der Waals surface area contributed by atoms with Gasteiger partial charge in [-0.05, 0) is 36.8 Å². The van der Waals surface area contributed by atoms with E-state index in [0.29, 0.717) is 0 Å². The molecule has 1 aromatic rings. The van der Waals surface area contributed by atoms with Gasteiger partial charge in [-0.1, -0.05) is 38.5 Å². The normalized spacial score (nSPS) is 20.0. The zero-order valence-corrected chi connectivity index (χ0v) is 9.73. The number of nitrogens with one attached hydrogen (secondary N) is 1. The Kier molecular flexibility index (Phi) is 4.31. The molecule has 1 N–H and O–H groups in total. The van der Waals surface area contributed by atoms with Crippen molar-refractivity contribution in [2.75, 3.05) is 0 Å². The highest BCUT2D eigenvalue weighted by Crippen LogP contribution is 2.18. The summed E-state index contributed by atoms with van der Waals surface area (Å²) in [6.45, 7) is 0. The van der Waals surface area contributed by atoms with E-state index in [2.05, 4.69) is 17.4 Å². The molecule has 1 aromatic heterocycles. The van der Waals surface area contributed by atoms with Gasteiger partial charge in [0.2, 0.25) is 0 Å². The second kappa shape index (κ2) is 5.99. The van der Waals surface area contributed by atoms with Crippen molar-refractivity contribution in [2.45, 2.75) is 64.2 Å². The lowest BCUT2D eigenvalue weighted by Crippen LogP contribution is -1.93. The minimum atomic E-state index is 1.29. The van der Waals surface area contributed by atoms with Crippen molar-refractivity contribution in [3.05, 3.63) is 23.5 Å². The number of hydrogen-bond acceptors (Lipinski definition) is 0. The lowest BCUT2D eigenvalue weighted by atomic mass is 9.98. The van der Waals surface area contributed by atoms with Crippen LogP contribution in [-0.4, -0.2) is 4.98 Å². The molecule has 2 rings (SSSR count). The molecule has 0 fully saturated rings. The van der Waals surface area contributed by atoms with Crippen molar-refractivity contribution in [1.29, 1.82) is 0 Å². The molecule has 0 atom stereocenters. The van der Waals surface area contributed by atoms with Crippen LogP contribution in [0.25, 0.3) is 0 Å². The standard InChI is InChI=1S/C14H23N/c1-2-4-6-8-10-14-12-15-11-13(14)9-7-5-3-1/h11-12,15H,1-10H2. The van der Waals surface area contributed by atoms with E-state index in [0.717, 1.165) is 0 Å². The largest absolute Gasteiger partial charge is 0.367 e. The van der Waals surface area contributed by atoms with Crippen LogP contribution in [-0.2, 0) is 12.8 Å². The van der Waals surface area contributed by atoms with E-state index in [1.54, 1.807) is 11.1 Å². The molecule has 0 amide bonds. The topological polar surface area (TPSA) is 15.8 Å². The van der Waals surface area contributed by atoms with Crippen molar-refractivity contribution in [3.8, 4) is 0 Å². The van der Waals surface area contributed by atoms with Crippen LogP contribution in [0.4, 0.5) is 0 Å². The Morgan fingerprint density at radius 3 is 1.47 bits per heavy atom. The number of hydrogen-bond donors (Lipinski definition) is 1. The fourth-order valence-electron chi connectivity index (χ4n) is 2.59. The highest BCUT2D eigenvalue weighted by Gasteiger charge is 2.04. The molecular weight excluding hydrogens is 182 g/mol. The summed E-state index contributed by atoms with van der Waals surface area (Å²) in [5.74, 6) is 0. The molecule has 0 aliphatic heterocycles. The maximum Gasteiger partial charge on any atom is 0.00401 e. The van der Waals surface area contributed by atoms with Crippen molar-refractivity contribution in [3.63, 3.8) is 0 Å². The minimum absolute atomic E-state index is 1.29. The average Bonchev–Trinajstić information content (AvgIpc) is 2.65. The van der Waals surface area contributed by atoms with E-state index >= 15 is 0 Å². The Morgan fingerprint density at radius 1 is 0.600 bits per heavy atom. The first-order chi connectivity index (χ1) is 7.47. The molecule has 1 nitrogen and oxygen atoms in total. The number of H-pyrrole nitrogens is 1. The first-order valence-electron chi connectivity index (χ1n) is 6.61. The van der Waals surface area contributed by atoms with E-state index in [1.165, 1.54) is 64.2 Å². The summed E-state index contributed by atoms with van der Waals surface area (Å²) in [6.07, 6.45) is 18.4. The highest BCUT2D eigenvalue weighted by atomic mass is 14.6. The Hall–Kier alpha value is -0.720. The lowest BCUT2D eigenvalue weighted by molar-refractivity contribution is 0.560. The molecule has 0 spiro atoms. The van der Waals surface area contributed by atoms with Gasteiger partial charge in [-0.25, -0.2) is 0 Å². The summed E-state index contributed by atoms with van der Waals surface area (Å²) < 4.78 is 0. The van der Waals surface area contributed by atoms with Crippen LogP contribution in [0.3, 0.4) is 0 Å². The van der Waals surface area contributed by atoms with E-state index in [4.69, 9.17) is 0 Å². The molecule has 1 aliphatic rings. The molecule has 0 aromatic carbocycles. The molecule has 1 heterocycles. The molecule has 0 saturated heterocycles. The molecular formula is C14H23N. The zero-order valence-electron chi connectivity index (χ0n) is 9.73. The molecule has 84 valence electrons. The van der Waals surface area contributed by atoms with Crippen LogP contribution in [0.1, 0.15) is 62.5 Å². The number of aromatic amines is 1. The predicted octanol–water partition coefficient (Wildman–Crippen LogP) is 4.23. The summed E-state index contributed by atoms with van der Waals surface area (Å²) in [6, 6.07) is 0. The second-order valence-corrected chi connectivity index (χ2v) is 4.83. The van der Waals surface area contributed by atoms with Gasteiger partial charge >= 0.3 is 0 Å². The summed E-state index contributed by atoms with van der Waals surface area (Å²) >= 11 is 0. The predicted molar refractivity (Wildman–Crippen MR) is 65.1 cm³/mol. The van der Waals surface area contributed by atoms with Crippen LogP contribution < -0.4 is 0 Å². The van der Waals surface area contributed by atoms with Gasteiger partial charge in [-0.3, -0.25) is 0 Å². The van der Waals surface area contributed by atoms with E-state index in [-0.39, 0.29) is 0 Å². The quantitative estimate of drug-likeness (QED) is 0.652. The van der Waals surface area contributed by atoms with Gasteiger partial charge in [0.25, 0.3) is 0 Å². The Labute approximate surface area is 93.3 Å². The van der Waals surface area contributed by atoms with Crippen molar-refractivity contribution in [1.82, 2.24) is 4.98 Å². The molecule has 0 radical (unpaired) electrons. The highest BCUT2D eigenvalue weighted by molar-refractivity contribution is 5.23. The van der Waals surface area contributed by atoms with Crippen LogP contribution in [0, 0.1) is 0 Å². The van der Waals surface area contributed by atoms with E-state index in [9.17, 15) is 0 Å². The smallest absolute Gasteiger partial charge is 0.00401 e. The third-order valence-corrected chi connectivity index (χ3v) is 3.57. The fraction of sp³-hybridized carbons (Fsp3) is 0.714. The monoisotopic (exact) mass is 205 g/mol. The van der Waals surface area contributed by atoms with Crippen molar-refractivity contribution < 1.29 is 0 Å². The third-order valence-electron chi connectivity index (χ3n) is 3.57. The maximum atomic E-state index is 3.27. The number of rotatable bonds is 0. The third kappa shape index (κ3) is 3.40. The second-order valence-electron chi connectivity index (χ2n) is 4.83. The first-order valence-corrected chi connectivity index (χ1v) is 6.61. The van der Waals surface area contributed by atoms with Crippen molar-refractivity contribution in [2.24, 2.45) is 0 Å². The van der Waals surface area contributed by atoms with Gasteiger partial charge in [0, 0.05) is 12.4 Å². The molecule has 0 saturated carbocycles. The van der Waals surface area contributed by atoms with E-state index in [1.807, 2.05) is 0 Å². The number of fused-ring (bicyclic) bond motifs is 1. The molecule has 0 unspecified atom stereocenters. The van der Waals surface area contributed by atoms with Crippen molar-refractivity contribution >= 4 is 0 Å². The maximum absolute atomic E-state index is 3.27. The average molecular weight is 205 g/mol. The summed E-state index contributed by atoms with van der Waals surface area (Å²) in [7, 11) is 0. The summed E-state index contributed by atoms with van der Waals surface area (Å²) in [5, 5.41) is 0. The van der Waals surface area contributed by atoms with Gasteiger partial charge in [-0.15, -0.1) is 0 Å². The zero-order chi connectivity index (χ0) is 10.3.